The fraction of sp³-hybridized carbons (Fsp3) is 0.278. The van der Waals surface area contributed by atoms with E-state index in [2.05, 4.69) is 10.2 Å². The Kier molecular flexibility index (Phi) is 3.86. The van der Waals surface area contributed by atoms with Gasteiger partial charge in [0.05, 0.1) is 5.56 Å². The Hall–Kier alpha value is -2.69. The van der Waals surface area contributed by atoms with Gasteiger partial charge in [0, 0.05) is 5.41 Å². The fourth-order valence-electron chi connectivity index (χ4n) is 2.30. The highest BCUT2D eigenvalue weighted by Crippen LogP contribution is 2.32. The van der Waals surface area contributed by atoms with Gasteiger partial charge < -0.3 is 4.74 Å². The second-order valence-electron chi connectivity index (χ2n) is 6.50. The fourth-order valence-corrected chi connectivity index (χ4v) is 2.30. The van der Waals surface area contributed by atoms with E-state index in [1.54, 1.807) is 12.1 Å². The summed E-state index contributed by atoms with van der Waals surface area (Å²) in [7, 11) is 0. The number of nitrogens with zero attached hydrogens (tertiary/aromatic N) is 3. The Morgan fingerprint density at radius 1 is 0.957 bits per heavy atom. The van der Waals surface area contributed by atoms with Gasteiger partial charge in [0.1, 0.15) is 11.0 Å². The molecule has 5 heteroatoms. The summed E-state index contributed by atoms with van der Waals surface area (Å²) in [4.78, 5) is 13.9. The zero-order valence-corrected chi connectivity index (χ0v) is 13.4. The number of esters is 1. The Balaban J connectivity index is 1.94. The molecule has 118 valence electrons. The Labute approximate surface area is 134 Å². The van der Waals surface area contributed by atoms with Gasteiger partial charge in [0.15, 0.2) is 0 Å². The van der Waals surface area contributed by atoms with Gasteiger partial charge in [-0.25, -0.2) is 4.79 Å². The summed E-state index contributed by atoms with van der Waals surface area (Å²) >= 11 is 0. The minimum absolute atomic E-state index is 0.348. The van der Waals surface area contributed by atoms with Gasteiger partial charge in [0.25, 0.3) is 0 Å². The minimum Gasteiger partial charge on any atom is -0.434 e. The van der Waals surface area contributed by atoms with Gasteiger partial charge in [-0.3, -0.25) is 0 Å². The lowest BCUT2D eigenvalue weighted by molar-refractivity contribution is -0.0518. The van der Waals surface area contributed by atoms with Crippen molar-refractivity contribution in [2.45, 2.75) is 27.0 Å². The zero-order chi connectivity index (χ0) is 16.4. The third-order valence-electron chi connectivity index (χ3n) is 3.48. The molecule has 23 heavy (non-hydrogen) atoms. The van der Waals surface area contributed by atoms with Crippen LogP contribution in [0.3, 0.4) is 0 Å². The molecule has 3 aromatic rings. The van der Waals surface area contributed by atoms with E-state index < -0.39 is 6.23 Å². The van der Waals surface area contributed by atoms with Gasteiger partial charge >= 0.3 is 5.97 Å². The molecule has 0 saturated heterocycles. The molecule has 0 aliphatic heterocycles. The van der Waals surface area contributed by atoms with E-state index in [1.165, 1.54) is 4.80 Å². The number of fused-ring (bicyclic) bond motifs is 1. The van der Waals surface area contributed by atoms with Gasteiger partial charge in [0.2, 0.25) is 6.23 Å². The lowest BCUT2D eigenvalue weighted by Gasteiger charge is -2.29. The molecule has 0 aliphatic carbocycles. The van der Waals surface area contributed by atoms with Crippen molar-refractivity contribution < 1.29 is 9.53 Å². The van der Waals surface area contributed by atoms with Crippen LogP contribution in [0.1, 0.15) is 37.4 Å². The highest BCUT2D eigenvalue weighted by atomic mass is 16.6. The van der Waals surface area contributed by atoms with Crippen LogP contribution in [0.15, 0.2) is 54.6 Å². The normalized spacial score (nSPS) is 13.0. The van der Waals surface area contributed by atoms with E-state index in [9.17, 15) is 4.79 Å². The maximum Gasteiger partial charge on any atom is 0.340 e. The first kappa shape index (κ1) is 15.2. The third kappa shape index (κ3) is 3.23. The van der Waals surface area contributed by atoms with Crippen LogP contribution in [0.25, 0.3) is 11.0 Å². The average molecular weight is 309 g/mol. The summed E-state index contributed by atoms with van der Waals surface area (Å²) in [5.41, 5.74) is 1.72. The monoisotopic (exact) mass is 309 g/mol. The molecule has 0 radical (unpaired) electrons. The summed E-state index contributed by atoms with van der Waals surface area (Å²) in [6.45, 7) is 5.97. The first-order valence-electron chi connectivity index (χ1n) is 7.53. The minimum atomic E-state index is -0.595. The van der Waals surface area contributed by atoms with Gasteiger partial charge in [-0.1, -0.05) is 51.1 Å². The van der Waals surface area contributed by atoms with Gasteiger partial charge in [-0.15, -0.1) is 15.0 Å². The number of hydrogen-bond acceptors (Lipinski definition) is 4. The van der Waals surface area contributed by atoms with Crippen LogP contribution in [0.5, 0.6) is 0 Å². The predicted octanol–water partition coefficient (Wildman–Crippen LogP) is 3.83. The molecule has 0 aliphatic rings. The summed E-state index contributed by atoms with van der Waals surface area (Å²) in [6, 6.07) is 16.5. The third-order valence-corrected chi connectivity index (χ3v) is 3.48. The summed E-state index contributed by atoms with van der Waals surface area (Å²) in [5.74, 6) is -0.383. The molecular weight excluding hydrogens is 290 g/mol. The molecular formula is C18H19N3O2. The van der Waals surface area contributed by atoms with Crippen molar-refractivity contribution in [2.75, 3.05) is 0 Å². The number of carbonyl (C=O) groups is 1. The molecule has 0 fully saturated rings. The van der Waals surface area contributed by atoms with E-state index in [0.29, 0.717) is 5.56 Å². The van der Waals surface area contributed by atoms with Crippen LogP contribution in [0.4, 0.5) is 0 Å². The second kappa shape index (κ2) is 5.83. The largest absolute Gasteiger partial charge is 0.434 e. The number of benzene rings is 2. The highest BCUT2D eigenvalue weighted by Gasteiger charge is 2.32. The SMILES string of the molecule is CC(C)(C)C(OC(=O)c1ccccc1)n1nc2ccccc2n1. The molecule has 5 nitrogen and oxygen atoms in total. The Morgan fingerprint density at radius 3 is 2.00 bits per heavy atom. The first-order valence-corrected chi connectivity index (χ1v) is 7.53. The van der Waals surface area contributed by atoms with E-state index in [1.807, 2.05) is 63.2 Å². The van der Waals surface area contributed by atoms with Crippen molar-refractivity contribution in [2.24, 2.45) is 5.41 Å². The number of aromatic nitrogens is 3. The van der Waals surface area contributed by atoms with Crippen molar-refractivity contribution in [3.05, 3.63) is 60.2 Å². The van der Waals surface area contributed by atoms with E-state index >= 15 is 0 Å². The molecule has 2 aromatic carbocycles. The lowest BCUT2D eigenvalue weighted by Crippen LogP contribution is -2.31. The topological polar surface area (TPSA) is 57.0 Å². The number of hydrogen-bond donors (Lipinski definition) is 0. The van der Waals surface area contributed by atoms with Crippen molar-refractivity contribution in [3.63, 3.8) is 0 Å². The molecule has 0 bridgehead atoms. The Bertz CT molecular complexity index is 786. The second-order valence-corrected chi connectivity index (χ2v) is 6.50. The average Bonchev–Trinajstić information content (AvgIpc) is 2.95. The predicted molar refractivity (Wildman–Crippen MR) is 87.9 cm³/mol. The standard InChI is InChI=1S/C18H19N3O2/c1-18(2,3)17(23-16(22)13-9-5-4-6-10-13)21-19-14-11-7-8-12-15(14)20-21/h4-12,17H,1-3H3. The number of rotatable bonds is 3. The van der Waals surface area contributed by atoms with E-state index in [-0.39, 0.29) is 11.4 Å². The molecule has 1 heterocycles. The molecule has 0 saturated carbocycles. The van der Waals surface area contributed by atoms with Crippen LogP contribution in [-0.4, -0.2) is 21.0 Å². The van der Waals surface area contributed by atoms with E-state index in [4.69, 9.17) is 4.74 Å². The first-order chi connectivity index (χ1) is 10.9. The smallest absolute Gasteiger partial charge is 0.340 e. The summed E-state index contributed by atoms with van der Waals surface area (Å²) < 4.78 is 5.72. The van der Waals surface area contributed by atoms with Crippen LogP contribution < -0.4 is 0 Å². The lowest BCUT2D eigenvalue weighted by atomic mass is 9.94. The molecule has 1 atom stereocenters. The molecule has 1 unspecified atom stereocenters. The Morgan fingerprint density at radius 2 is 1.48 bits per heavy atom. The van der Waals surface area contributed by atoms with Crippen LogP contribution in [0, 0.1) is 5.41 Å². The van der Waals surface area contributed by atoms with Gasteiger partial charge in [-0.05, 0) is 24.3 Å². The maximum absolute atomic E-state index is 12.4. The molecule has 0 N–H and O–H groups in total. The maximum atomic E-state index is 12.4. The quantitative estimate of drug-likeness (QED) is 0.690. The number of carbonyl (C=O) groups excluding carboxylic acids is 1. The molecule has 0 spiro atoms. The van der Waals surface area contributed by atoms with Crippen molar-refractivity contribution in [1.82, 2.24) is 15.0 Å². The van der Waals surface area contributed by atoms with Crippen molar-refractivity contribution in [3.8, 4) is 0 Å². The van der Waals surface area contributed by atoms with Crippen LogP contribution >= 0.6 is 0 Å². The number of ether oxygens (including phenoxy) is 1. The molecule has 1 aromatic heterocycles. The van der Waals surface area contributed by atoms with Gasteiger partial charge in [-0.2, -0.15) is 0 Å². The zero-order valence-electron chi connectivity index (χ0n) is 13.4. The van der Waals surface area contributed by atoms with Crippen molar-refractivity contribution >= 4 is 17.0 Å². The molecule has 0 amide bonds. The summed E-state index contributed by atoms with van der Waals surface area (Å²) in [6.07, 6.45) is -0.595. The van der Waals surface area contributed by atoms with E-state index in [0.717, 1.165) is 11.0 Å². The molecule has 3 rings (SSSR count). The van der Waals surface area contributed by atoms with Crippen LogP contribution in [-0.2, 0) is 4.74 Å². The van der Waals surface area contributed by atoms with Crippen LogP contribution in [0.2, 0.25) is 0 Å². The highest BCUT2D eigenvalue weighted by molar-refractivity contribution is 5.89. The van der Waals surface area contributed by atoms with Crippen molar-refractivity contribution in [1.29, 1.82) is 0 Å². The summed E-state index contributed by atoms with van der Waals surface area (Å²) in [5, 5.41) is 8.91.